The Morgan fingerprint density at radius 3 is 1.40 bits per heavy atom. The van der Waals surface area contributed by atoms with E-state index in [0.29, 0.717) is 0 Å². The molecule has 92 valence electrons. The molecule has 0 unspecified atom stereocenters. The molecule has 0 aromatic rings. The fourth-order valence-corrected chi connectivity index (χ4v) is 10.7. The first kappa shape index (κ1) is 15.8. The second kappa shape index (κ2) is 7.17. The van der Waals surface area contributed by atoms with Gasteiger partial charge in [0.1, 0.15) is 0 Å². The maximum absolute atomic E-state index is 9.14. The zero-order valence-corrected chi connectivity index (χ0v) is 12.6. The van der Waals surface area contributed by atoms with E-state index in [-0.39, 0.29) is 0 Å². The van der Waals surface area contributed by atoms with Crippen LogP contribution in [0.15, 0.2) is 0 Å². The third-order valence-electron chi connectivity index (χ3n) is 2.47. The van der Waals surface area contributed by atoms with Crippen LogP contribution < -0.4 is 0 Å². The SMILES string of the molecule is CCC[Si](CCC)(CCC)[O][Ti]([OH])([OH])[OH]. The van der Waals surface area contributed by atoms with Gasteiger partial charge in [-0.3, -0.25) is 0 Å². The summed E-state index contributed by atoms with van der Waals surface area (Å²) in [5.74, 6) is 0. The van der Waals surface area contributed by atoms with Crippen LogP contribution in [0.25, 0.3) is 0 Å². The van der Waals surface area contributed by atoms with Crippen LogP contribution in [0.1, 0.15) is 40.0 Å². The Bertz CT molecular complexity index is 155. The molecule has 0 radical (unpaired) electrons. The van der Waals surface area contributed by atoms with Crippen molar-refractivity contribution in [2.24, 2.45) is 0 Å². The average molecular weight is 272 g/mol. The van der Waals surface area contributed by atoms with Gasteiger partial charge in [-0.05, 0) is 0 Å². The Hall–Kier alpha value is 0.771. The van der Waals surface area contributed by atoms with Gasteiger partial charge in [-0.2, -0.15) is 0 Å². The molecule has 15 heavy (non-hydrogen) atoms. The van der Waals surface area contributed by atoms with Gasteiger partial charge in [0.15, 0.2) is 0 Å². The molecule has 0 fully saturated rings. The second-order valence-corrected chi connectivity index (χ2v) is 10.9. The fraction of sp³-hybridized carbons (Fsp3) is 1.00. The summed E-state index contributed by atoms with van der Waals surface area (Å²) in [7, 11) is -2.10. The van der Waals surface area contributed by atoms with E-state index in [4.69, 9.17) is 14.1 Å². The van der Waals surface area contributed by atoms with Crippen molar-refractivity contribution in [1.82, 2.24) is 0 Å². The van der Waals surface area contributed by atoms with Gasteiger partial charge in [0.05, 0.1) is 0 Å². The topological polar surface area (TPSA) is 69.9 Å². The predicted octanol–water partition coefficient (Wildman–Crippen LogP) is 1.97. The third-order valence-corrected chi connectivity index (χ3v) is 10.7. The molecule has 0 heterocycles. The van der Waals surface area contributed by atoms with Crippen LogP contribution in [0.5, 0.6) is 0 Å². The minimum absolute atomic E-state index is 0.906. The van der Waals surface area contributed by atoms with Crippen molar-refractivity contribution in [2.45, 2.75) is 58.2 Å². The maximum atomic E-state index is 9.14. The standard InChI is InChI=1S/C9H21OSi.3H2O.Ti/c1-4-7-11(10,8-5-2)9-6-3;;;;/h4-9H2,1-3H3;3*1H2;/q-1;;;;+4/p-3. The van der Waals surface area contributed by atoms with Crippen LogP contribution in [0, 0.1) is 0 Å². The molecule has 0 aromatic carbocycles. The van der Waals surface area contributed by atoms with Crippen molar-refractivity contribution in [1.29, 1.82) is 0 Å². The Kier molecular flexibility index (Phi) is 7.53. The number of hydrogen-bond acceptors (Lipinski definition) is 4. The Morgan fingerprint density at radius 1 is 0.867 bits per heavy atom. The van der Waals surface area contributed by atoms with Crippen molar-refractivity contribution < 1.29 is 32.2 Å². The Labute approximate surface area is 98.7 Å². The molecule has 0 saturated heterocycles. The molecule has 0 spiro atoms. The first-order chi connectivity index (χ1) is 6.89. The molecule has 0 saturated carbocycles. The molecule has 0 rings (SSSR count). The van der Waals surface area contributed by atoms with Crippen molar-refractivity contribution in [3.8, 4) is 0 Å². The van der Waals surface area contributed by atoms with E-state index in [0.717, 1.165) is 37.4 Å². The van der Waals surface area contributed by atoms with Gasteiger partial charge < -0.3 is 0 Å². The van der Waals surface area contributed by atoms with E-state index in [9.17, 15) is 0 Å². The van der Waals surface area contributed by atoms with Gasteiger partial charge in [-0.15, -0.1) is 0 Å². The molecule has 4 nitrogen and oxygen atoms in total. The fourth-order valence-electron chi connectivity index (χ4n) is 2.19. The van der Waals surface area contributed by atoms with Crippen molar-refractivity contribution in [3.05, 3.63) is 0 Å². The second-order valence-electron chi connectivity index (χ2n) is 4.11. The monoisotopic (exact) mass is 272 g/mol. The van der Waals surface area contributed by atoms with Gasteiger partial charge in [0.2, 0.25) is 0 Å². The van der Waals surface area contributed by atoms with E-state index in [1.165, 1.54) is 0 Å². The molecular weight excluding hydrogens is 248 g/mol. The summed E-state index contributed by atoms with van der Waals surface area (Å²) in [4.78, 5) is 0. The van der Waals surface area contributed by atoms with E-state index in [1.54, 1.807) is 0 Å². The van der Waals surface area contributed by atoms with Crippen LogP contribution in [-0.2, 0) is 21.1 Å². The van der Waals surface area contributed by atoms with Crippen LogP contribution in [0.2, 0.25) is 18.1 Å². The van der Waals surface area contributed by atoms with E-state index >= 15 is 0 Å². The zero-order valence-electron chi connectivity index (χ0n) is 9.99. The summed E-state index contributed by atoms with van der Waals surface area (Å²) in [5.41, 5.74) is 0. The van der Waals surface area contributed by atoms with E-state index in [1.807, 2.05) is 0 Å². The molecule has 0 aliphatic carbocycles. The van der Waals surface area contributed by atoms with Gasteiger partial charge in [-0.25, -0.2) is 0 Å². The van der Waals surface area contributed by atoms with Crippen LogP contribution in [-0.4, -0.2) is 19.4 Å². The third kappa shape index (κ3) is 6.84. The summed E-state index contributed by atoms with van der Waals surface area (Å²) in [6.45, 7) is 6.20. The van der Waals surface area contributed by atoms with Crippen molar-refractivity contribution in [2.75, 3.05) is 0 Å². The summed E-state index contributed by atoms with van der Waals surface area (Å²) in [6, 6.07) is 2.72. The summed E-state index contributed by atoms with van der Waals surface area (Å²) in [6.07, 6.45) is 2.93. The summed E-state index contributed by atoms with van der Waals surface area (Å²) >= 11 is -4.83. The molecule has 0 aromatic heterocycles. The van der Waals surface area contributed by atoms with E-state index < -0.39 is 26.5 Å². The van der Waals surface area contributed by atoms with Crippen molar-refractivity contribution >= 4 is 8.32 Å². The van der Waals surface area contributed by atoms with Gasteiger partial charge in [-0.1, -0.05) is 0 Å². The molecular formula is C9H24O4SiTi. The first-order valence-electron chi connectivity index (χ1n) is 5.76. The molecule has 0 bridgehead atoms. The molecule has 0 atom stereocenters. The predicted molar refractivity (Wildman–Crippen MR) is 58.8 cm³/mol. The quantitative estimate of drug-likeness (QED) is 0.591. The molecule has 0 aliphatic heterocycles. The van der Waals surface area contributed by atoms with Gasteiger partial charge in [0.25, 0.3) is 0 Å². The van der Waals surface area contributed by atoms with Crippen LogP contribution in [0.3, 0.4) is 0 Å². The van der Waals surface area contributed by atoms with Crippen LogP contribution in [0.4, 0.5) is 0 Å². The molecule has 0 aliphatic rings. The van der Waals surface area contributed by atoms with Crippen molar-refractivity contribution in [3.63, 3.8) is 0 Å². The molecule has 6 heteroatoms. The number of hydrogen-bond donors (Lipinski definition) is 3. The van der Waals surface area contributed by atoms with Gasteiger partial charge in [0, 0.05) is 0 Å². The molecule has 3 N–H and O–H groups in total. The summed E-state index contributed by atoms with van der Waals surface area (Å²) < 4.78 is 32.8. The Morgan fingerprint density at radius 2 is 1.20 bits per heavy atom. The van der Waals surface area contributed by atoms with E-state index in [2.05, 4.69) is 20.8 Å². The normalized spacial score (nSPS) is 13.2. The van der Waals surface area contributed by atoms with Gasteiger partial charge >= 0.3 is 98.7 Å². The minimum atomic E-state index is -4.83. The average Bonchev–Trinajstić information content (AvgIpc) is 2.01. The first-order valence-corrected chi connectivity index (χ1v) is 11.0. The zero-order chi connectivity index (χ0) is 11.9. The Balaban J connectivity index is 4.60. The van der Waals surface area contributed by atoms with Crippen LogP contribution >= 0.6 is 0 Å². The summed E-state index contributed by atoms with van der Waals surface area (Å²) in [5, 5.41) is 0. The number of rotatable bonds is 8. The molecule has 0 amide bonds.